The molecule has 0 bridgehead atoms. The Kier molecular flexibility index (Phi) is 4.31. The van der Waals surface area contributed by atoms with Crippen molar-refractivity contribution < 1.29 is 4.79 Å². The van der Waals surface area contributed by atoms with E-state index >= 15 is 0 Å². The molecule has 4 N–H and O–H groups in total. The fourth-order valence-corrected chi connectivity index (χ4v) is 1.44. The standard InChI is InChI=1S/C12H19N3O/c1-12(2,10-6-4-3-5-7-10)15-11(16)14-9-8-13/h3-7H,8-9,13H2,1-2H3,(H2,14,15,16). The van der Waals surface area contributed by atoms with Crippen LogP contribution in [-0.4, -0.2) is 19.1 Å². The molecule has 16 heavy (non-hydrogen) atoms. The van der Waals surface area contributed by atoms with E-state index in [1.807, 2.05) is 44.2 Å². The minimum Gasteiger partial charge on any atom is -0.337 e. The molecular formula is C12H19N3O. The van der Waals surface area contributed by atoms with Gasteiger partial charge in [-0.05, 0) is 19.4 Å². The molecule has 2 amide bonds. The zero-order valence-corrected chi connectivity index (χ0v) is 9.79. The summed E-state index contributed by atoms with van der Waals surface area (Å²) in [6.07, 6.45) is 0. The lowest BCUT2D eigenvalue weighted by Crippen LogP contribution is -2.47. The molecule has 0 fully saturated rings. The summed E-state index contributed by atoms with van der Waals surface area (Å²) in [5.41, 5.74) is 5.99. The van der Waals surface area contributed by atoms with Crippen molar-refractivity contribution in [2.45, 2.75) is 19.4 Å². The van der Waals surface area contributed by atoms with Crippen molar-refractivity contribution in [1.29, 1.82) is 0 Å². The van der Waals surface area contributed by atoms with E-state index in [9.17, 15) is 4.79 Å². The van der Waals surface area contributed by atoms with E-state index in [0.29, 0.717) is 13.1 Å². The Morgan fingerprint density at radius 3 is 2.50 bits per heavy atom. The molecule has 4 nitrogen and oxygen atoms in total. The van der Waals surface area contributed by atoms with Gasteiger partial charge in [0.05, 0.1) is 5.54 Å². The fraction of sp³-hybridized carbons (Fsp3) is 0.417. The van der Waals surface area contributed by atoms with E-state index < -0.39 is 0 Å². The molecule has 4 heteroatoms. The van der Waals surface area contributed by atoms with Gasteiger partial charge < -0.3 is 16.4 Å². The summed E-state index contributed by atoms with van der Waals surface area (Å²) < 4.78 is 0. The van der Waals surface area contributed by atoms with Crippen molar-refractivity contribution >= 4 is 6.03 Å². The lowest BCUT2D eigenvalue weighted by Gasteiger charge is -2.26. The maximum Gasteiger partial charge on any atom is 0.315 e. The maximum absolute atomic E-state index is 11.5. The van der Waals surface area contributed by atoms with Crippen LogP contribution < -0.4 is 16.4 Å². The zero-order chi connectivity index (χ0) is 12.0. The van der Waals surface area contributed by atoms with Crippen LogP contribution in [0.3, 0.4) is 0 Å². The second kappa shape index (κ2) is 5.51. The lowest BCUT2D eigenvalue weighted by atomic mass is 9.95. The highest BCUT2D eigenvalue weighted by atomic mass is 16.2. The van der Waals surface area contributed by atoms with E-state index in [1.54, 1.807) is 0 Å². The Morgan fingerprint density at radius 1 is 1.31 bits per heavy atom. The van der Waals surface area contributed by atoms with Crippen LogP contribution in [0.1, 0.15) is 19.4 Å². The van der Waals surface area contributed by atoms with E-state index in [4.69, 9.17) is 5.73 Å². The smallest absolute Gasteiger partial charge is 0.315 e. The molecule has 0 saturated heterocycles. The van der Waals surface area contributed by atoms with Crippen molar-refractivity contribution in [2.75, 3.05) is 13.1 Å². The molecule has 0 saturated carbocycles. The fourth-order valence-electron chi connectivity index (χ4n) is 1.44. The zero-order valence-electron chi connectivity index (χ0n) is 9.79. The quantitative estimate of drug-likeness (QED) is 0.714. The van der Waals surface area contributed by atoms with Gasteiger partial charge in [-0.25, -0.2) is 4.79 Å². The van der Waals surface area contributed by atoms with Crippen LogP contribution in [0.4, 0.5) is 4.79 Å². The van der Waals surface area contributed by atoms with Crippen molar-refractivity contribution in [3.63, 3.8) is 0 Å². The first kappa shape index (κ1) is 12.5. The van der Waals surface area contributed by atoms with Gasteiger partial charge >= 0.3 is 6.03 Å². The van der Waals surface area contributed by atoms with Crippen LogP contribution in [0, 0.1) is 0 Å². The van der Waals surface area contributed by atoms with Gasteiger partial charge in [-0.15, -0.1) is 0 Å². The molecule has 0 spiro atoms. The van der Waals surface area contributed by atoms with Crippen molar-refractivity contribution in [3.8, 4) is 0 Å². The first-order chi connectivity index (χ1) is 7.56. The summed E-state index contributed by atoms with van der Waals surface area (Å²) in [4.78, 5) is 11.5. The van der Waals surface area contributed by atoms with E-state index in [-0.39, 0.29) is 11.6 Å². The van der Waals surface area contributed by atoms with Crippen LogP contribution in [0.5, 0.6) is 0 Å². The number of nitrogens with two attached hydrogens (primary N) is 1. The molecule has 0 aromatic heterocycles. The molecule has 0 aliphatic heterocycles. The largest absolute Gasteiger partial charge is 0.337 e. The summed E-state index contributed by atoms with van der Waals surface area (Å²) in [5.74, 6) is 0. The Morgan fingerprint density at radius 2 is 1.94 bits per heavy atom. The van der Waals surface area contributed by atoms with Crippen molar-refractivity contribution in [3.05, 3.63) is 35.9 Å². The summed E-state index contributed by atoms with van der Waals surface area (Å²) in [6.45, 7) is 4.85. The highest BCUT2D eigenvalue weighted by Crippen LogP contribution is 2.18. The van der Waals surface area contributed by atoms with Gasteiger partial charge in [0.25, 0.3) is 0 Å². The van der Waals surface area contributed by atoms with Gasteiger partial charge in [-0.2, -0.15) is 0 Å². The minimum absolute atomic E-state index is 0.195. The van der Waals surface area contributed by atoms with Crippen LogP contribution >= 0.6 is 0 Å². The van der Waals surface area contributed by atoms with E-state index in [1.165, 1.54) is 0 Å². The first-order valence-electron chi connectivity index (χ1n) is 5.38. The van der Waals surface area contributed by atoms with Crippen LogP contribution in [0.25, 0.3) is 0 Å². The molecule has 1 aromatic rings. The maximum atomic E-state index is 11.5. The number of nitrogens with one attached hydrogen (secondary N) is 2. The van der Waals surface area contributed by atoms with Gasteiger partial charge in [-0.3, -0.25) is 0 Å². The minimum atomic E-state index is -0.389. The Labute approximate surface area is 96.2 Å². The summed E-state index contributed by atoms with van der Waals surface area (Å²) >= 11 is 0. The molecule has 0 aliphatic rings. The Hall–Kier alpha value is -1.55. The van der Waals surface area contributed by atoms with Crippen molar-refractivity contribution in [2.24, 2.45) is 5.73 Å². The summed E-state index contributed by atoms with van der Waals surface area (Å²) in [7, 11) is 0. The molecule has 0 radical (unpaired) electrons. The van der Waals surface area contributed by atoms with Gasteiger partial charge in [0.1, 0.15) is 0 Å². The molecule has 1 rings (SSSR count). The first-order valence-corrected chi connectivity index (χ1v) is 5.38. The SMILES string of the molecule is CC(C)(NC(=O)NCCN)c1ccccc1. The Bertz CT molecular complexity index is 335. The molecule has 0 atom stereocenters. The van der Waals surface area contributed by atoms with Gasteiger partial charge in [0, 0.05) is 13.1 Å². The number of urea groups is 1. The van der Waals surface area contributed by atoms with E-state index in [2.05, 4.69) is 10.6 Å². The topological polar surface area (TPSA) is 67.2 Å². The summed E-state index contributed by atoms with van der Waals surface area (Å²) in [6, 6.07) is 9.65. The highest BCUT2D eigenvalue weighted by Gasteiger charge is 2.21. The molecule has 88 valence electrons. The number of carbonyl (C=O) groups is 1. The van der Waals surface area contributed by atoms with Crippen LogP contribution in [0.2, 0.25) is 0 Å². The second-order valence-corrected chi connectivity index (χ2v) is 4.16. The third-order valence-electron chi connectivity index (χ3n) is 2.35. The molecule has 1 aromatic carbocycles. The summed E-state index contributed by atoms with van der Waals surface area (Å²) in [5, 5.41) is 5.58. The monoisotopic (exact) mass is 221 g/mol. The Balaban J connectivity index is 2.61. The van der Waals surface area contributed by atoms with E-state index in [0.717, 1.165) is 5.56 Å². The predicted octanol–water partition coefficient (Wildman–Crippen LogP) is 1.18. The molecule has 0 unspecified atom stereocenters. The third-order valence-corrected chi connectivity index (χ3v) is 2.35. The number of amides is 2. The average molecular weight is 221 g/mol. The number of rotatable bonds is 4. The van der Waals surface area contributed by atoms with Crippen molar-refractivity contribution in [1.82, 2.24) is 10.6 Å². The number of benzene rings is 1. The lowest BCUT2D eigenvalue weighted by molar-refractivity contribution is 0.230. The van der Waals surface area contributed by atoms with Gasteiger partial charge in [-0.1, -0.05) is 30.3 Å². The van der Waals surface area contributed by atoms with Gasteiger partial charge in [0.2, 0.25) is 0 Å². The third kappa shape index (κ3) is 3.55. The second-order valence-electron chi connectivity index (χ2n) is 4.16. The van der Waals surface area contributed by atoms with Gasteiger partial charge in [0.15, 0.2) is 0 Å². The normalized spacial score (nSPS) is 10.9. The van der Waals surface area contributed by atoms with Crippen LogP contribution in [0.15, 0.2) is 30.3 Å². The average Bonchev–Trinajstić information content (AvgIpc) is 2.27. The number of hydrogen-bond donors (Lipinski definition) is 3. The molecule has 0 aliphatic carbocycles. The number of carbonyl (C=O) groups excluding carboxylic acids is 1. The predicted molar refractivity (Wildman–Crippen MR) is 65.1 cm³/mol. The van der Waals surface area contributed by atoms with Crippen LogP contribution in [-0.2, 0) is 5.54 Å². The molecular weight excluding hydrogens is 202 g/mol. The highest BCUT2D eigenvalue weighted by molar-refractivity contribution is 5.74. The molecule has 0 heterocycles. The number of hydrogen-bond acceptors (Lipinski definition) is 2.